The van der Waals surface area contributed by atoms with Crippen LogP contribution < -0.4 is 10.5 Å². The lowest BCUT2D eigenvalue weighted by molar-refractivity contribution is -0.0561. The number of carbonyl (C=O) groups is 1. The molecule has 1 saturated heterocycles. The zero-order valence-corrected chi connectivity index (χ0v) is 14.1. The molecule has 3 aromatic rings. The van der Waals surface area contributed by atoms with E-state index >= 15 is 0 Å². The Hall–Kier alpha value is -2.97. The minimum atomic E-state index is -2.87. The van der Waals surface area contributed by atoms with Gasteiger partial charge in [0.15, 0.2) is 0 Å². The van der Waals surface area contributed by atoms with Gasteiger partial charge in [-0.25, -0.2) is 18.7 Å². The molecule has 1 aliphatic rings. The number of methoxy groups -OCH3 is 1. The molecule has 1 aliphatic heterocycles. The van der Waals surface area contributed by atoms with Gasteiger partial charge in [-0.05, 0) is 18.6 Å². The lowest BCUT2D eigenvalue weighted by Crippen LogP contribution is -2.45. The van der Waals surface area contributed by atoms with Crippen molar-refractivity contribution in [1.29, 1.82) is 0 Å². The normalized spacial score (nSPS) is 17.0. The molecule has 2 aromatic heterocycles. The Morgan fingerprint density at radius 3 is 2.88 bits per heavy atom. The van der Waals surface area contributed by atoms with Crippen molar-refractivity contribution in [2.45, 2.75) is 18.8 Å². The first-order chi connectivity index (χ1) is 12.4. The molecule has 0 bridgehead atoms. The van der Waals surface area contributed by atoms with Crippen molar-refractivity contribution in [3.05, 3.63) is 30.1 Å². The molecule has 1 aromatic carbocycles. The van der Waals surface area contributed by atoms with Crippen molar-refractivity contribution < 1.29 is 18.3 Å². The van der Waals surface area contributed by atoms with Gasteiger partial charge in [-0.15, -0.1) is 0 Å². The smallest absolute Gasteiger partial charge is 0.274 e. The van der Waals surface area contributed by atoms with Gasteiger partial charge in [-0.3, -0.25) is 9.20 Å². The number of imidazole rings is 1. The van der Waals surface area contributed by atoms with Crippen LogP contribution in [-0.4, -0.2) is 51.3 Å². The second kappa shape index (κ2) is 5.79. The van der Waals surface area contributed by atoms with Crippen molar-refractivity contribution in [2.75, 3.05) is 25.9 Å². The molecule has 4 rings (SSSR count). The van der Waals surface area contributed by atoms with Crippen LogP contribution in [-0.2, 0) is 0 Å². The zero-order chi connectivity index (χ0) is 18.5. The maximum absolute atomic E-state index is 13.6. The molecular formula is C17H17F2N5O2. The predicted molar refractivity (Wildman–Crippen MR) is 91.5 cm³/mol. The molecule has 1 fully saturated rings. The highest BCUT2D eigenvalue weighted by molar-refractivity contribution is 5.99. The summed E-state index contributed by atoms with van der Waals surface area (Å²) in [4.78, 5) is 22.5. The Balaban J connectivity index is 1.81. The lowest BCUT2D eigenvalue weighted by atomic mass is 10.1. The summed E-state index contributed by atoms with van der Waals surface area (Å²) in [6, 6.07) is 5.31. The molecule has 0 unspecified atom stereocenters. The van der Waals surface area contributed by atoms with Crippen molar-refractivity contribution in [1.82, 2.24) is 19.3 Å². The molecule has 7 nitrogen and oxygen atoms in total. The van der Waals surface area contributed by atoms with E-state index in [1.165, 1.54) is 17.7 Å². The van der Waals surface area contributed by atoms with Gasteiger partial charge in [0.2, 0.25) is 5.95 Å². The number of nitrogens with zero attached hydrogens (tertiary/aromatic N) is 4. The first kappa shape index (κ1) is 16.5. The summed E-state index contributed by atoms with van der Waals surface area (Å²) in [5, 5.41) is 0.654. The number of fused-ring (bicyclic) bond motifs is 3. The highest BCUT2D eigenvalue weighted by Gasteiger charge is 2.37. The zero-order valence-electron chi connectivity index (χ0n) is 14.1. The minimum absolute atomic E-state index is 0.0616. The third-order valence-corrected chi connectivity index (χ3v) is 4.54. The largest absolute Gasteiger partial charge is 0.494 e. The lowest BCUT2D eigenvalue weighted by Gasteiger charge is -2.31. The fourth-order valence-corrected chi connectivity index (χ4v) is 3.30. The van der Waals surface area contributed by atoms with Crippen LogP contribution in [0.5, 0.6) is 5.75 Å². The van der Waals surface area contributed by atoms with E-state index in [1.54, 1.807) is 18.2 Å². The highest BCUT2D eigenvalue weighted by Crippen LogP contribution is 2.30. The van der Waals surface area contributed by atoms with E-state index in [4.69, 9.17) is 10.5 Å². The monoisotopic (exact) mass is 361 g/mol. The second-order valence-electron chi connectivity index (χ2n) is 6.33. The van der Waals surface area contributed by atoms with Crippen LogP contribution in [0.3, 0.4) is 0 Å². The number of likely N-dealkylation sites (tertiary alicyclic amines) is 1. The number of hydrogen-bond donors (Lipinski definition) is 1. The number of halogens is 2. The van der Waals surface area contributed by atoms with Crippen LogP contribution in [0.2, 0.25) is 0 Å². The molecule has 3 heterocycles. The first-order valence-electron chi connectivity index (χ1n) is 8.18. The number of amides is 1. The van der Waals surface area contributed by atoms with E-state index in [0.717, 1.165) is 4.90 Å². The van der Waals surface area contributed by atoms with Crippen molar-refractivity contribution in [3.63, 3.8) is 0 Å². The van der Waals surface area contributed by atoms with Gasteiger partial charge in [-0.1, -0.05) is 6.07 Å². The average molecular weight is 361 g/mol. The van der Waals surface area contributed by atoms with E-state index in [-0.39, 0.29) is 31.0 Å². The number of carbonyl (C=O) groups excluding carboxylic acids is 1. The Labute approximate surface area is 147 Å². The highest BCUT2D eigenvalue weighted by atomic mass is 19.3. The van der Waals surface area contributed by atoms with E-state index in [1.807, 2.05) is 0 Å². The Morgan fingerprint density at radius 2 is 2.15 bits per heavy atom. The van der Waals surface area contributed by atoms with E-state index in [2.05, 4.69) is 9.97 Å². The number of nitrogens with two attached hydrogens (primary N) is 1. The van der Waals surface area contributed by atoms with Crippen molar-refractivity contribution in [3.8, 4) is 5.75 Å². The number of anilines is 1. The van der Waals surface area contributed by atoms with Crippen LogP contribution in [0.4, 0.5) is 14.7 Å². The number of ether oxygens (including phenoxy) is 1. The molecule has 0 saturated carbocycles. The van der Waals surface area contributed by atoms with Crippen LogP contribution in [0, 0.1) is 0 Å². The molecule has 0 spiro atoms. The number of para-hydroxylation sites is 1. The third-order valence-electron chi connectivity index (χ3n) is 4.54. The van der Waals surface area contributed by atoms with Gasteiger partial charge in [0.05, 0.1) is 13.7 Å². The number of piperidine rings is 1. The third kappa shape index (κ3) is 2.59. The van der Waals surface area contributed by atoms with Gasteiger partial charge >= 0.3 is 0 Å². The quantitative estimate of drug-likeness (QED) is 0.757. The molecule has 0 aliphatic carbocycles. The first-order valence-corrected chi connectivity index (χ1v) is 8.18. The minimum Gasteiger partial charge on any atom is -0.494 e. The Kier molecular flexibility index (Phi) is 3.67. The van der Waals surface area contributed by atoms with Gasteiger partial charge in [0.25, 0.3) is 11.8 Å². The summed E-state index contributed by atoms with van der Waals surface area (Å²) >= 11 is 0. The maximum atomic E-state index is 13.6. The number of alkyl halides is 2. The standard InChI is InChI=1S/C17H17F2N5O2/c1-26-12-5-2-4-10-13(12)22-16(20)24-8-11(21-14(10)24)15(25)23-7-3-6-17(18,19)9-23/h2,4-5,8H,3,6-7,9H2,1H3,(H2,20,22). The predicted octanol–water partition coefficient (Wildman–Crippen LogP) is 2.34. The molecule has 0 atom stereocenters. The van der Waals surface area contributed by atoms with E-state index < -0.39 is 18.4 Å². The summed E-state index contributed by atoms with van der Waals surface area (Å²) in [6.45, 7) is -0.313. The average Bonchev–Trinajstić information content (AvgIpc) is 3.06. The summed E-state index contributed by atoms with van der Waals surface area (Å²) in [7, 11) is 1.52. The summed E-state index contributed by atoms with van der Waals surface area (Å²) in [5.74, 6) is -2.74. The molecule has 136 valence electrons. The van der Waals surface area contributed by atoms with E-state index in [9.17, 15) is 13.6 Å². The summed E-state index contributed by atoms with van der Waals surface area (Å²) in [5.41, 5.74) is 7.01. The molecule has 2 N–H and O–H groups in total. The molecule has 1 amide bonds. The number of aromatic nitrogens is 3. The number of nitrogen functional groups attached to an aromatic ring is 1. The molecule has 9 heteroatoms. The van der Waals surface area contributed by atoms with E-state index in [0.29, 0.717) is 22.3 Å². The van der Waals surface area contributed by atoms with Crippen molar-refractivity contribution >= 4 is 28.4 Å². The number of hydrogen-bond acceptors (Lipinski definition) is 5. The van der Waals surface area contributed by atoms with Gasteiger partial charge in [0.1, 0.15) is 22.6 Å². The van der Waals surface area contributed by atoms with Crippen LogP contribution in [0.25, 0.3) is 16.6 Å². The molecule has 0 radical (unpaired) electrons. The summed E-state index contributed by atoms with van der Waals surface area (Å²) in [6.07, 6.45) is 1.49. The molecular weight excluding hydrogens is 344 g/mol. The maximum Gasteiger partial charge on any atom is 0.274 e. The van der Waals surface area contributed by atoms with Gasteiger partial charge in [-0.2, -0.15) is 0 Å². The summed E-state index contributed by atoms with van der Waals surface area (Å²) < 4.78 is 34.0. The van der Waals surface area contributed by atoms with Crippen LogP contribution in [0.15, 0.2) is 24.4 Å². The fraction of sp³-hybridized carbons (Fsp3) is 0.353. The number of benzene rings is 1. The number of rotatable bonds is 2. The Bertz CT molecular complexity index is 1020. The topological polar surface area (TPSA) is 85.8 Å². The van der Waals surface area contributed by atoms with Crippen LogP contribution >= 0.6 is 0 Å². The second-order valence-corrected chi connectivity index (χ2v) is 6.33. The van der Waals surface area contributed by atoms with Crippen molar-refractivity contribution in [2.24, 2.45) is 0 Å². The fourth-order valence-electron chi connectivity index (χ4n) is 3.30. The van der Waals surface area contributed by atoms with Gasteiger partial charge in [0, 0.05) is 24.5 Å². The van der Waals surface area contributed by atoms with Gasteiger partial charge < -0.3 is 15.4 Å². The Morgan fingerprint density at radius 1 is 1.35 bits per heavy atom. The molecule has 26 heavy (non-hydrogen) atoms. The van der Waals surface area contributed by atoms with Crippen LogP contribution in [0.1, 0.15) is 23.3 Å². The SMILES string of the molecule is COc1cccc2c1nc(N)n1cc(C(=O)N3CCCC(F)(F)C3)nc21.